The Kier molecular flexibility index (Phi) is 13.0. The highest BCUT2D eigenvalue weighted by Gasteiger charge is 2.56. The van der Waals surface area contributed by atoms with Crippen LogP contribution in [0.25, 0.3) is 0 Å². The van der Waals surface area contributed by atoms with Gasteiger partial charge in [-0.25, -0.2) is 0 Å². The highest BCUT2D eigenvalue weighted by molar-refractivity contribution is 7.87. The fourth-order valence-corrected chi connectivity index (χ4v) is 11.4. The third-order valence-corrected chi connectivity index (χ3v) is 16.0. The maximum absolute atomic E-state index is 15.4. The van der Waals surface area contributed by atoms with Crippen LogP contribution in [0.15, 0.2) is 172 Å². The van der Waals surface area contributed by atoms with Crippen molar-refractivity contribution in [3.05, 3.63) is 197 Å². The van der Waals surface area contributed by atoms with Gasteiger partial charge in [0.05, 0.1) is 37.9 Å². The Bertz CT molecular complexity index is 3410. The Morgan fingerprint density at radius 1 is 0.457 bits per heavy atom. The third kappa shape index (κ3) is 9.70. The summed E-state index contributed by atoms with van der Waals surface area (Å²) in [5.41, 5.74) is 4.30. The van der Waals surface area contributed by atoms with Crippen LogP contribution in [-0.4, -0.2) is 45.3 Å². The van der Waals surface area contributed by atoms with E-state index in [2.05, 4.69) is 0 Å². The summed E-state index contributed by atoms with van der Waals surface area (Å²) in [6.07, 6.45) is -2.90. The molecule has 70 heavy (non-hydrogen) atoms. The summed E-state index contributed by atoms with van der Waals surface area (Å²) in [7, 11) is -9.78. The van der Waals surface area contributed by atoms with Gasteiger partial charge in [-0.3, -0.25) is 4.79 Å². The lowest BCUT2D eigenvalue weighted by molar-refractivity contribution is -0.00732. The molecule has 0 aromatic heterocycles. The number of hydrogen-bond donors (Lipinski definition) is 0. The zero-order valence-electron chi connectivity index (χ0n) is 38.3. The highest BCUT2D eigenvalue weighted by atomic mass is 32.2. The van der Waals surface area contributed by atoms with Gasteiger partial charge in [-0.15, -0.1) is 0 Å². The van der Waals surface area contributed by atoms with Crippen molar-refractivity contribution in [2.75, 3.05) is 14.2 Å². The molecule has 14 nitrogen and oxygen atoms in total. The van der Waals surface area contributed by atoms with Gasteiger partial charge in [0, 0.05) is 23.6 Å². The molecule has 7 aromatic rings. The molecule has 5 atom stereocenters. The zero-order valence-corrected chi connectivity index (χ0v) is 40.8. The predicted octanol–water partition coefficient (Wildman–Crippen LogP) is 9.99. The molecule has 0 amide bonds. The van der Waals surface area contributed by atoms with Crippen LogP contribution in [0.4, 0.5) is 0 Å². The van der Waals surface area contributed by atoms with Gasteiger partial charge >= 0.3 is 30.4 Å². The number of rotatable bonds is 15. The normalized spacial score (nSPS) is 18.7. The quantitative estimate of drug-likeness (QED) is 0.0698. The smallest absolute Gasteiger partial charge is 0.339 e. The van der Waals surface area contributed by atoms with Gasteiger partial charge in [0.2, 0.25) is 0 Å². The van der Waals surface area contributed by atoms with Crippen molar-refractivity contribution in [1.82, 2.24) is 0 Å². The van der Waals surface area contributed by atoms with E-state index < -0.39 is 60.5 Å². The predicted molar refractivity (Wildman–Crippen MR) is 257 cm³/mol. The SMILES string of the molecule is COc1ccc(C(=O)[C@H]2[C@@H]3[C@@H](c4ccc(OS(=O)(=O)c5ccc(C)cc5)cc4)Oc4cc(OS(=O)(=O)c5ccc(C)cc5)ccc4[C@@H]3O[C@@H]2c2ccc(OS(=O)(=O)c3ccc(C)cc3)cc2)c(OC)c1. The van der Waals surface area contributed by atoms with Crippen LogP contribution in [0.3, 0.4) is 0 Å². The Balaban J connectivity index is 1.13. The second-order valence-electron chi connectivity index (χ2n) is 16.9. The Morgan fingerprint density at radius 2 is 0.886 bits per heavy atom. The van der Waals surface area contributed by atoms with Gasteiger partial charge in [0.15, 0.2) is 5.78 Å². The molecule has 7 aromatic carbocycles. The van der Waals surface area contributed by atoms with Crippen LogP contribution in [-0.2, 0) is 35.1 Å². The summed E-state index contributed by atoms with van der Waals surface area (Å²) < 4.78 is 122. The van der Waals surface area contributed by atoms with Gasteiger partial charge in [0.1, 0.15) is 55.3 Å². The van der Waals surface area contributed by atoms with E-state index in [1.165, 1.54) is 87.0 Å². The number of hydrogen-bond acceptors (Lipinski definition) is 14. The number of carbonyl (C=O) groups is 1. The minimum atomic E-state index is -4.29. The minimum absolute atomic E-state index is 0.0110. The maximum Gasteiger partial charge on any atom is 0.339 e. The largest absolute Gasteiger partial charge is 0.497 e. The Hall–Kier alpha value is -7.18. The van der Waals surface area contributed by atoms with Crippen LogP contribution < -0.4 is 26.8 Å². The van der Waals surface area contributed by atoms with Crippen LogP contribution >= 0.6 is 0 Å². The van der Waals surface area contributed by atoms with E-state index >= 15 is 4.79 Å². The van der Waals surface area contributed by atoms with Gasteiger partial charge in [-0.2, -0.15) is 25.3 Å². The van der Waals surface area contributed by atoms with Crippen molar-refractivity contribution in [2.45, 2.75) is 53.8 Å². The number of methoxy groups -OCH3 is 2. The molecule has 0 N–H and O–H groups in total. The van der Waals surface area contributed by atoms with Crippen LogP contribution in [0.5, 0.6) is 34.5 Å². The molecule has 2 aliphatic rings. The summed E-state index contributed by atoms with van der Waals surface area (Å²) in [6, 6.07) is 40.5. The van der Waals surface area contributed by atoms with Crippen molar-refractivity contribution in [2.24, 2.45) is 11.8 Å². The van der Waals surface area contributed by atoms with E-state index in [4.69, 9.17) is 31.5 Å². The Morgan fingerprint density at radius 3 is 1.34 bits per heavy atom. The lowest BCUT2D eigenvalue weighted by atomic mass is 9.72. The first-order valence-electron chi connectivity index (χ1n) is 21.9. The number of carbonyl (C=O) groups excluding carboxylic acids is 1. The van der Waals surface area contributed by atoms with Crippen molar-refractivity contribution >= 4 is 36.1 Å². The van der Waals surface area contributed by atoms with E-state index in [0.717, 1.165) is 16.7 Å². The van der Waals surface area contributed by atoms with E-state index in [-0.39, 0.29) is 54.8 Å². The standard InChI is InChI=1S/C53H46O14S3/c1-32-6-22-41(23-7-32)68(55,56)65-37-16-12-35(13-17-37)51-48(50(54)44-28-20-39(61-4)30-46(44)62-5)49-52(36-14-18-38(19-15-36)66-69(57,58)42-24-8-33(2)9-25-42)63-47-31-40(21-29-45(47)53(49)64-51)67-70(59,60)43-26-10-34(3)11-27-43/h6-31,48-49,51-53H,1-5H3/t48-,49-,51-,52-,53+/m1/s1. The molecule has 0 aliphatic carbocycles. The number of fused-ring (bicyclic) bond motifs is 3. The summed E-state index contributed by atoms with van der Waals surface area (Å²) >= 11 is 0. The van der Waals surface area contributed by atoms with Crippen LogP contribution in [0.2, 0.25) is 0 Å². The number of Topliss-reactive ketones (excluding diaryl/α,β-unsaturated/α-hetero) is 1. The van der Waals surface area contributed by atoms with Crippen molar-refractivity contribution in [3.8, 4) is 34.5 Å². The summed E-state index contributed by atoms with van der Waals surface area (Å²) in [4.78, 5) is 15.3. The second kappa shape index (κ2) is 19.0. The lowest BCUT2D eigenvalue weighted by Gasteiger charge is -2.37. The van der Waals surface area contributed by atoms with E-state index in [1.807, 2.05) is 20.8 Å². The first-order chi connectivity index (χ1) is 33.4. The highest BCUT2D eigenvalue weighted by Crippen LogP contribution is 2.60. The number of benzene rings is 7. The molecule has 9 rings (SSSR count). The van der Waals surface area contributed by atoms with Gasteiger partial charge in [-0.05, 0) is 117 Å². The summed E-state index contributed by atoms with van der Waals surface area (Å²) in [5, 5.41) is 0. The average Bonchev–Trinajstić information content (AvgIpc) is 3.75. The van der Waals surface area contributed by atoms with Gasteiger partial charge < -0.3 is 31.5 Å². The monoisotopic (exact) mass is 1000 g/mol. The first-order valence-corrected chi connectivity index (χ1v) is 26.1. The van der Waals surface area contributed by atoms with Gasteiger partial charge in [-0.1, -0.05) is 77.4 Å². The number of aryl methyl sites for hydroxylation is 3. The molecule has 2 aliphatic heterocycles. The van der Waals surface area contributed by atoms with E-state index in [9.17, 15) is 25.3 Å². The zero-order chi connectivity index (χ0) is 49.5. The fourth-order valence-electron chi connectivity index (χ4n) is 8.61. The lowest BCUT2D eigenvalue weighted by Crippen LogP contribution is -2.35. The fraction of sp³-hybridized carbons (Fsp3) is 0.189. The molecular formula is C53H46O14S3. The maximum atomic E-state index is 15.4. The minimum Gasteiger partial charge on any atom is -0.497 e. The molecule has 360 valence electrons. The molecule has 0 unspecified atom stereocenters. The van der Waals surface area contributed by atoms with Gasteiger partial charge in [0.25, 0.3) is 0 Å². The summed E-state index contributed by atoms with van der Waals surface area (Å²) in [6.45, 7) is 5.51. The molecule has 0 saturated carbocycles. The number of ether oxygens (including phenoxy) is 4. The van der Waals surface area contributed by atoms with E-state index in [0.29, 0.717) is 22.4 Å². The third-order valence-electron chi connectivity index (χ3n) is 12.2. The molecule has 1 saturated heterocycles. The Labute approximate surface area is 406 Å². The van der Waals surface area contributed by atoms with Crippen LogP contribution in [0.1, 0.15) is 62.1 Å². The topological polar surface area (TPSA) is 184 Å². The number of ketones is 1. The molecular weight excluding hydrogens is 957 g/mol. The molecule has 0 radical (unpaired) electrons. The average molecular weight is 1000 g/mol. The molecule has 1 fully saturated rings. The summed E-state index contributed by atoms with van der Waals surface area (Å²) in [5.74, 6) is -1.38. The second-order valence-corrected chi connectivity index (χ2v) is 21.6. The van der Waals surface area contributed by atoms with Crippen molar-refractivity contribution in [3.63, 3.8) is 0 Å². The van der Waals surface area contributed by atoms with E-state index in [1.54, 1.807) is 84.9 Å². The van der Waals surface area contributed by atoms with Crippen molar-refractivity contribution < 1.29 is 61.5 Å². The molecule has 17 heteroatoms. The molecule has 0 bridgehead atoms. The van der Waals surface area contributed by atoms with Crippen molar-refractivity contribution in [1.29, 1.82) is 0 Å². The van der Waals surface area contributed by atoms with Crippen LogP contribution in [0, 0.1) is 32.6 Å². The molecule has 2 heterocycles. The molecule has 0 spiro atoms. The first kappa shape index (κ1) is 47.9.